The van der Waals surface area contributed by atoms with E-state index in [9.17, 15) is 91.4 Å². The number of phenols is 1. The Morgan fingerprint density at radius 3 is 0.827 bits per heavy atom. The van der Waals surface area contributed by atoms with Gasteiger partial charge in [-0.05, 0) is 86.8 Å². The lowest BCUT2D eigenvalue weighted by Crippen LogP contribution is -2.61. The van der Waals surface area contributed by atoms with E-state index in [1.165, 1.54) is 24.3 Å². The number of carboxylic acid groups (broad SMARTS) is 1. The van der Waals surface area contributed by atoms with Crippen LogP contribution >= 0.6 is 75.8 Å². The van der Waals surface area contributed by atoms with E-state index in [0.717, 1.165) is 0 Å². The summed E-state index contributed by atoms with van der Waals surface area (Å²) in [4.78, 5) is 246. The van der Waals surface area contributed by atoms with Crippen molar-refractivity contribution in [3.63, 3.8) is 0 Å². The van der Waals surface area contributed by atoms with Crippen molar-refractivity contribution in [3.8, 4) is 5.75 Å². The zero-order chi connectivity index (χ0) is 101. The molecular formula is C77H134N30O20S6. The molecule has 1 aromatic carbocycles. The molecule has 50 nitrogen and oxygen atoms in total. The third-order valence-electron chi connectivity index (χ3n) is 20.3. The van der Waals surface area contributed by atoms with Crippen molar-refractivity contribution in [2.75, 3.05) is 86.9 Å². The van der Waals surface area contributed by atoms with Crippen LogP contribution in [0.25, 0.3) is 0 Å². The molecule has 0 saturated heterocycles. The van der Waals surface area contributed by atoms with Crippen molar-refractivity contribution >= 4 is 206 Å². The molecule has 56 heteroatoms. The molecule has 37 N–H and O–H groups in total. The fourth-order valence-corrected chi connectivity index (χ4v) is 13.4. The molecule has 0 heterocycles. The molecule has 17 amide bonds. The zero-order valence-electron chi connectivity index (χ0n) is 74.8. The number of amides is 17. The summed E-state index contributed by atoms with van der Waals surface area (Å²) in [6.07, 6.45) is 0.667. The first-order valence-electron chi connectivity index (χ1n) is 42.5. The summed E-state index contributed by atoms with van der Waals surface area (Å²) in [6.45, 7) is 7.16. The summed E-state index contributed by atoms with van der Waals surface area (Å²) in [5.74, 6) is -22.5. The van der Waals surface area contributed by atoms with E-state index >= 15 is 0 Å². The molecule has 1 aromatic rings. The van der Waals surface area contributed by atoms with E-state index in [0.29, 0.717) is 12.0 Å². The number of aromatic hydroxyl groups is 1. The van der Waals surface area contributed by atoms with Crippen molar-refractivity contribution in [2.24, 2.45) is 46.4 Å². The van der Waals surface area contributed by atoms with Gasteiger partial charge in [0.15, 0.2) is 23.8 Å². The highest BCUT2D eigenvalue weighted by molar-refractivity contribution is 7.81. The molecule has 133 heavy (non-hydrogen) atoms. The number of carboxylic acids is 1. The molecule has 0 saturated carbocycles. The fraction of sp³-hybridized carbons (Fsp3) is 0.636. The Morgan fingerprint density at radius 2 is 0.541 bits per heavy atom. The number of phenolic OH excluding ortho intramolecular Hbond substituents is 1. The van der Waals surface area contributed by atoms with Gasteiger partial charge in [0.05, 0.1) is 25.7 Å². The molecule has 748 valence electrons. The number of benzene rings is 1. The number of hydrogen-bond acceptors (Lipinski definition) is 30. The van der Waals surface area contributed by atoms with Crippen LogP contribution < -0.4 is 140 Å². The molecule has 0 radical (unpaired) electrons. The molecule has 0 aliphatic carbocycles. The minimum Gasteiger partial charge on any atom is -0.508 e. The van der Waals surface area contributed by atoms with Gasteiger partial charge in [-0.15, -0.1) is 0 Å². The number of nitrogens with two attached hydrogens (primary N) is 5. The minimum atomic E-state index is -1.61. The SMILES string of the molecule is CC[C@H](C)[C@H](N)C(=O)N[C@@H](CS)C(=O)N[C@@H](CCCNC(=N)N)C(=O)N[C@@H](CS)C(=O)N[C@H](C(=O)N[C@@H](CS)C(=O)NCC(=O)N[C@@H](CCCNC(=N)N)C(=O)NCC(=O)N[C@@H](Cc1ccc(O)cc1)C(=O)N[C@@H](CS)C(=O)N[C@@H](CCCNC(=N)N)C(=O)N[C@@H](CS)C(=O)N[C@H](C(=O)N[C@@H](CS)C(=O)NCC(=O)N[C@@H](CCCNC(=N)N)C(=O)NCC(=O)O)[C@@H](C)CC)[C@@H](C)CC. The number of nitrogens with one attached hydrogen (secondary N) is 25. The third-order valence-corrected chi connectivity index (χ3v) is 22.5. The molecule has 0 aliphatic heterocycles. The first-order valence-corrected chi connectivity index (χ1v) is 46.3. The highest BCUT2D eigenvalue weighted by atomic mass is 32.1. The largest absolute Gasteiger partial charge is 0.508 e. The van der Waals surface area contributed by atoms with Crippen LogP contribution in [0.3, 0.4) is 0 Å². The minimum absolute atomic E-state index is 0.00173. The first-order chi connectivity index (χ1) is 62.8. The van der Waals surface area contributed by atoms with Crippen LogP contribution in [0.2, 0.25) is 0 Å². The maximum atomic E-state index is 14.4. The topological polar surface area (TPSA) is 826 Å². The normalized spacial score (nSPS) is 14.7. The maximum absolute atomic E-state index is 14.4. The van der Waals surface area contributed by atoms with Gasteiger partial charge < -0.3 is 151 Å². The second-order valence-corrected chi connectivity index (χ2v) is 32.9. The number of guanidine groups is 4. The lowest BCUT2D eigenvalue weighted by atomic mass is 9.97. The van der Waals surface area contributed by atoms with Crippen molar-refractivity contribution in [1.29, 1.82) is 21.6 Å². The fourth-order valence-electron chi connectivity index (χ4n) is 11.9. The smallest absolute Gasteiger partial charge is 0.322 e. The van der Waals surface area contributed by atoms with Crippen LogP contribution in [0.5, 0.6) is 5.75 Å². The Bertz CT molecular complexity index is 4100. The van der Waals surface area contributed by atoms with Gasteiger partial charge in [0, 0.05) is 67.1 Å². The van der Waals surface area contributed by atoms with Crippen LogP contribution in [0, 0.1) is 39.4 Å². The molecule has 17 atom stereocenters. The van der Waals surface area contributed by atoms with E-state index in [1.807, 2.05) is 6.92 Å². The highest BCUT2D eigenvalue weighted by Gasteiger charge is 2.39. The van der Waals surface area contributed by atoms with Crippen LogP contribution in [0.15, 0.2) is 24.3 Å². The predicted octanol–water partition coefficient (Wildman–Crippen LogP) is -10.1. The number of rotatable bonds is 65. The third kappa shape index (κ3) is 47.7. The van der Waals surface area contributed by atoms with Crippen molar-refractivity contribution in [3.05, 3.63) is 29.8 Å². The molecular weight excluding hydrogens is 1860 g/mol. The maximum Gasteiger partial charge on any atom is 0.322 e. The van der Waals surface area contributed by atoms with Crippen molar-refractivity contribution in [2.45, 2.75) is 203 Å². The van der Waals surface area contributed by atoms with Crippen LogP contribution in [0.1, 0.15) is 118 Å². The van der Waals surface area contributed by atoms with Gasteiger partial charge in [-0.3, -0.25) is 108 Å². The zero-order valence-corrected chi connectivity index (χ0v) is 80.2. The van der Waals surface area contributed by atoms with Crippen LogP contribution in [0.4, 0.5) is 0 Å². The standard InChI is InChI=1S/C77H134N30O20S6/c1-7-37(4)57(78)71(125)103-50(34-131)68(122)99-45(17-13-25-90-77(85)86)65(119)101-52(36-133)70(124)107-59(39(6)9-3)72(126)104-47(31-128)62(116)92-27-53(109)95-42(14-10-22-87-74(79)80)60(114)91-29-55(111)97-46(26-40-18-20-41(108)21-19-40)66(120)102-49(33-130)67(121)98-44(16-12-24-89-76(83)84)64(118)100-51(35-132)69(123)106-58(38(5)8-2)73(127)105-48(32-129)63(117)93-28-54(110)96-43(15-11-23-88-75(81)82)61(115)94-30-56(112)113/h18-21,37-39,42-52,57-59,108,128-133H,7-17,22-36,78H2,1-6H3,(H,91,114)(H,92,116)(H,93,117)(H,94,115)(H,95,109)(H,96,110)(H,97,111)(H,98,121)(H,99,122)(H,100,118)(H,101,119)(H,102,120)(H,103,125)(H,104,126)(H,105,127)(H,106,123)(H,107,124)(H,112,113)(H4,79,80,87)(H4,81,82,88)(H4,83,84,89)(H4,85,86,90)/t37-,38-,39-,42-,43-,44-,45-,46-,47-,48-,49-,50-,51-,52-,57-,58-,59-/m0/s1. The van der Waals surface area contributed by atoms with Crippen LogP contribution in [-0.2, 0) is 92.7 Å². The summed E-state index contributed by atoms with van der Waals surface area (Å²) in [5, 5.41) is 101. The van der Waals surface area contributed by atoms with E-state index in [4.69, 9.17) is 55.4 Å². The van der Waals surface area contributed by atoms with E-state index in [-0.39, 0.29) is 143 Å². The molecule has 0 aliphatic rings. The second-order valence-electron chi connectivity index (χ2n) is 30.7. The Morgan fingerprint density at radius 1 is 0.308 bits per heavy atom. The quantitative estimate of drug-likeness (QED) is 0.0125. The molecule has 0 aromatic heterocycles. The van der Waals surface area contributed by atoms with E-state index in [2.05, 4.69) is 187 Å². The summed E-state index contributed by atoms with van der Waals surface area (Å²) in [6, 6.07) is -14.4. The molecule has 1 rings (SSSR count). The first kappa shape index (κ1) is 120. The van der Waals surface area contributed by atoms with Crippen molar-refractivity contribution < 1.29 is 96.5 Å². The number of hydrogen-bond donors (Lipinski definition) is 38. The number of carbonyl (C=O) groups is 18. The summed E-state index contributed by atoms with van der Waals surface area (Å²) >= 11 is 25.5. The Labute approximate surface area is 803 Å². The van der Waals surface area contributed by atoms with Gasteiger partial charge >= 0.3 is 5.97 Å². The van der Waals surface area contributed by atoms with Crippen molar-refractivity contribution in [1.82, 2.24) is 112 Å². The lowest BCUT2D eigenvalue weighted by molar-refractivity contribution is -0.138. The average molecular weight is 1990 g/mol. The summed E-state index contributed by atoms with van der Waals surface area (Å²) in [5.41, 5.74) is 28.1. The Balaban J connectivity index is 3.45. The Kier molecular flexibility index (Phi) is 58.7. The number of aliphatic carboxylic acids is 1. The number of carbonyl (C=O) groups excluding carboxylic acids is 17. The molecule has 0 unspecified atom stereocenters. The highest BCUT2D eigenvalue weighted by Crippen LogP contribution is 2.16. The number of thiol groups is 6. The summed E-state index contributed by atoms with van der Waals surface area (Å²) in [7, 11) is 0. The lowest BCUT2D eigenvalue weighted by Gasteiger charge is -2.28. The second kappa shape index (κ2) is 65.3. The molecule has 0 fully saturated rings. The Hall–Kier alpha value is -11.4. The van der Waals surface area contributed by atoms with Gasteiger partial charge in [0.2, 0.25) is 100 Å². The van der Waals surface area contributed by atoms with E-state index in [1.54, 1.807) is 34.6 Å². The average Bonchev–Trinajstić information content (AvgIpc) is 0.857. The molecule has 0 bridgehead atoms. The van der Waals surface area contributed by atoms with Crippen LogP contribution in [-0.4, -0.2) is 312 Å². The van der Waals surface area contributed by atoms with Gasteiger partial charge in [0.1, 0.15) is 90.8 Å². The molecule has 0 spiro atoms. The van der Waals surface area contributed by atoms with Gasteiger partial charge in [-0.1, -0.05) is 72.9 Å². The van der Waals surface area contributed by atoms with E-state index < -0.39 is 252 Å². The van der Waals surface area contributed by atoms with Gasteiger partial charge in [-0.25, -0.2) is 0 Å². The monoisotopic (exact) mass is 1990 g/mol. The van der Waals surface area contributed by atoms with Gasteiger partial charge in [-0.2, -0.15) is 75.8 Å². The predicted molar refractivity (Wildman–Crippen MR) is 513 cm³/mol. The summed E-state index contributed by atoms with van der Waals surface area (Å²) < 4.78 is 0. The van der Waals surface area contributed by atoms with Gasteiger partial charge in [0.25, 0.3) is 0 Å².